The second-order valence-corrected chi connectivity index (χ2v) is 6.01. The summed E-state index contributed by atoms with van der Waals surface area (Å²) in [6, 6.07) is 13.2. The lowest BCUT2D eigenvalue weighted by Crippen LogP contribution is -2.43. The van der Waals surface area contributed by atoms with Crippen LogP contribution in [0.4, 0.5) is 0 Å². The smallest absolute Gasteiger partial charge is 0.237 e. The van der Waals surface area contributed by atoms with Gasteiger partial charge in [0.2, 0.25) is 5.91 Å². The number of likely N-dealkylation sites (N-methyl/N-ethyl adjacent to an activating group) is 1. The van der Waals surface area contributed by atoms with E-state index in [1.54, 1.807) is 6.20 Å². The van der Waals surface area contributed by atoms with Crippen molar-refractivity contribution >= 4 is 17.5 Å². The van der Waals surface area contributed by atoms with Crippen LogP contribution in [0.2, 0.25) is 5.02 Å². The predicted molar refractivity (Wildman–Crippen MR) is 93.3 cm³/mol. The Hall–Kier alpha value is -1.91. The number of amides is 1. The molecule has 2 rings (SSSR count). The maximum Gasteiger partial charge on any atom is 0.237 e. The van der Waals surface area contributed by atoms with Gasteiger partial charge in [0, 0.05) is 36.4 Å². The molecule has 1 atom stereocenters. The first-order valence-electron chi connectivity index (χ1n) is 7.68. The number of nitrogens with one attached hydrogen (secondary N) is 1. The van der Waals surface area contributed by atoms with Crippen molar-refractivity contribution in [2.75, 3.05) is 13.6 Å². The molecule has 0 spiro atoms. The van der Waals surface area contributed by atoms with E-state index in [1.165, 1.54) is 0 Å². The van der Waals surface area contributed by atoms with Gasteiger partial charge in [-0.25, -0.2) is 0 Å². The van der Waals surface area contributed by atoms with Crippen LogP contribution in [0.5, 0.6) is 0 Å². The van der Waals surface area contributed by atoms with Gasteiger partial charge >= 0.3 is 0 Å². The minimum absolute atomic E-state index is 0.0171. The quantitative estimate of drug-likeness (QED) is 0.848. The molecule has 23 heavy (non-hydrogen) atoms. The van der Waals surface area contributed by atoms with Gasteiger partial charge in [-0.05, 0) is 43.8 Å². The summed E-state index contributed by atoms with van der Waals surface area (Å²) in [5.74, 6) is 0.0171. The van der Waals surface area contributed by atoms with Crippen LogP contribution in [0.1, 0.15) is 18.2 Å². The lowest BCUT2D eigenvalue weighted by molar-refractivity contribution is -0.125. The highest BCUT2D eigenvalue weighted by molar-refractivity contribution is 6.30. The average Bonchev–Trinajstić information content (AvgIpc) is 2.59. The molecule has 0 fully saturated rings. The maximum atomic E-state index is 12.2. The molecule has 2 aromatic rings. The highest BCUT2D eigenvalue weighted by Crippen LogP contribution is 2.09. The van der Waals surface area contributed by atoms with Crippen LogP contribution in [-0.2, 0) is 17.8 Å². The molecule has 1 aromatic heterocycles. The number of carbonyl (C=O) groups excluding carboxylic acids is 1. The number of aromatic nitrogens is 1. The van der Waals surface area contributed by atoms with Gasteiger partial charge in [0.05, 0.1) is 6.04 Å². The van der Waals surface area contributed by atoms with Crippen molar-refractivity contribution in [1.82, 2.24) is 15.2 Å². The number of carbonyl (C=O) groups is 1. The minimum atomic E-state index is -0.189. The van der Waals surface area contributed by atoms with Crippen molar-refractivity contribution in [3.05, 3.63) is 64.9 Å². The molecule has 1 unspecified atom stereocenters. The van der Waals surface area contributed by atoms with Crippen molar-refractivity contribution in [3.8, 4) is 0 Å². The van der Waals surface area contributed by atoms with E-state index in [2.05, 4.69) is 10.3 Å². The molecule has 122 valence electrons. The van der Waals surface area contributed by atoms with Crippen LogP contribution in [0.25, 0.3) is 0 Å². The number of nitrogens with zero attached hydrogens (tertiary/aromatic N) is 2. The van der Waals surface area contributed by atoms with E-state index >= 15 is 0 Å². The largest absolute Gasteiger partial charge is 0.351 e. The van der Waals surface area contributed by atoms with Gasteiger partial charge in [0.15, 0.2) is 0 Å². The summed E-state index contributed by atoms with van der Waals surface area (Å²) in [6.45, 7) is 3.20. The van der Waals surface area contributed by atoms with E-state index in [1.807, 2.05) is 61.3 Å². The second kappa shape index (κ2) is 8.65. The molecule has 1 aromatic carbocycles. The maximum absolute atomic E-state index is 12.2. The molecule has 0 aliphatic heterocycles. The van der Waals surface area contributed by atoms with Gasteiger partial charge in [0.25, 0.3) is 0 Å². The molecule has 0 saturated carbocycles. The number of hydrogen-bond acceptors (Lipinski definition) is 3. The van der Waals surface area contributed by atoms with E-state index in [0.29, 0.717) is 11.6 Å². The SMILES string of the molecule is CC(C(=O)NCc1ccc(Cl)cc1)N(C)CCc1ccccn1. The molecule has 1 amide bonds. The Morgan fingerprint density at radius 3 is 2.65 bits per heavy atom. The molecule has 0 aliphatic carbocycles. The van der Waals surface area contributed by atoms with E-state index in [9.17, 15) is 4.79 Å². The molecule has 0 saturated heterocycles. The highest BCUT2D eigenvalue weighted by Gasteiger charge is 2.17. The predicted octanol–water partition coefficient (Wildman–Crippen LogP) is 2.91. The minimum Gasteiger partial charge on any atom is -0.351 e. The van der Waals surface area contributed by atoms with Crippen molar-refractivity contribution in [2.24, 2.45) is 0 Å². The zero-order valence-electron chi connectivity index (χ0n) is 13.5. The van der Waals surface area contributed by atoms with Crippen LogP contribution < -0.4 is 5.32 Å². The first-order valence-corrected chi connectivity index (χ1v) is 8.06. The third-order valence-electron chi connectivity index (χ3n) is 3.87. The van der Waals surface area contributed by atoms with Crippen molar-refractivity contribution < 1.29 is 4.79 Å². The number of pyridine rings is 1. The van der Waals surface area contributed by atoms with Crippen LogP contribution >= 0.6 is 11.6 Å². The molecule has 0 bridgehead atoms. The summed E-state index contributed by atoms with van der Waals surface area (Å²) in [4.78, 5) is 18.6. The van der Waals surface area contributed by atoms with Crippen LogP contribution in [-0.4, -0.2) is 35.4 Å². The monoisotopic (exact) mass is 331 g/mol. The number of hydrogen-bond donors (Lipinski definition) is 1. The summed E-state index contributed by atoms with van der Waals surface area (Å²) in [5.41, 5.74) is 2.07. The zero-order valence-corrected chi connectivity index (χ0v) is 14.3. The van der Waals surface area contributed by atoms with Gasteiger partial charge < -0.3 is 5.32 Å². The fourth-order valence-corrected chi connectivity index (χ4v) is 2.30. The van der Waals surface area contributed by atoms with Crippen LogP contribution in [0.3, 0.4) is 0 Å². The Labute approximate surface area is 142 Å². The Bertz CT molecular complexity index is 616. The summed E-state index contributed by atoms with van der Waals surface area (Å²) in [7, 11) is 1.95. The Kier molecular flexibility index (Phi) is 6.56. The standard InChI is InChI=1S/C18H22ClN3O/c1-14(22(2)12-10-17-5-3-4-11-20-17)18(23)21-13-15-6-8-16(19)9-7-15/h3-9,11,14H,10,12-13H2,1-2H3,(H,21,23). The van der Waals surface area contributed by atoms with Crippen molar-refractivity contribution in [2.45, 2.75) is 25.9 Å². The summed E-state index contributed by atoms with van der Waals surface area (Å²) in [6.07, 6.45) is 2.61. The first-order chi connectivity index (χ1) is 11.1. The molecule has 5 heteroatoms. The number of benzene rings is 1. The van der Waals surface area contributed by atoms with Gasteiger partial charge in [-0.2, -0.15) is 0 Å². The summed E-state index contributed by atoms with van der Waals surface area (Å²) >= 11 is 5.85. The first kappa shape index (κ1) is 17.4. The van der Waals surface area contributed by atoms with Crippen LogP contribution in [0.15, 0.2) is 48.7 Å². The second-order valence-electron chi connectivity index (χ2n) is 5.57. The Morgan fingerprint density at radius 2 is 2.00 bits per heavy atom. The lowest BCUT2D eigenvalue weighted by Gasteiger charge is -2.23. The fraction of sp³-hybridized carbons (Fsp3) is 0.333. The Balaban J connectivity index is 1.77. The van der Waals surface area contributed by atoms with Crippen LogP contribution in [0, 0.1) is 0 Å². The van der Waals surface area contributed by atoms with Gasteiger partial charge in [-0.15, -0.1) is 0 Å². The molecular formula is C18H22ClN3O. The van der Waals surface area contributed by atoms with Crippen molar-refractivity contribution in [1.29, 1.82) is 0 Å². The highest BCUT2D eigenvalue weighted by atomic mass is 35.5. The summed E-state index contributed by atoms with van der Waals surface area (Å²) < 4.78 is 0. The molecule has 0 aliphatic rings. The molecule has 4 nitrogen and oxygen atoms in total. The van der Waals surface area contributed by atoms with E-state index in [4.69, 9.17) is 11.6 Å². The number of halogens is 1. The molecule has 1 heterocycles. The third-order valence-corrected chi connectivity index (χ3v) is 4.12. The topological polar surface area (TPSA) is 45.2 Å². The molecule has 1 N–H and O–H groups in total. The molecule has 0 radical (unpaired) electrons. The normalized spacial score (nSPS) is 12.2. The van der Waals surface area contributed by atoms with E-state index < -0.39 is 0 Å². The average molecular weight is 332 g/mol. The van der Waals surface area contributed by atoms with Gasteiger partial charge in [-0.3, -0.25) is 14.7 Å². The third kappa shape index (κ3) is 5.66. The van der Waals surface area contributed by atoms with Crippen molar-refractivity contribution in [3.63, 3.8) is 0 Å². The summed E-state index contributed by atoms with van der Waals surface area (Å²) in [5, 5.41) is 3.65. The van der Waals surface area contributed by atoms with Gasteiger partial charge in [0.1, 0.15) is 0 Å². The fourth-order valence-electron chi connectivity index (χ4n) is 2.17. The van der Waals surface area contributed by atoms with E-state index in [-0.39, 0.29) is 11.9 Å². The number of rotatable bonds is 7. The lowest BCUT2D eigenvalue weighted by atomic mass is 10.2. The molecular weight excluding hydrogens is 310 g/mol. The zero-order chi connectivity index (χ0) is 16.7. The van der Waals surface area contributed by atoms with Gasteiger partial charge in [-0.1, -0.05) is 29.8 Å². The van der Waals surface area contributed by atoms with E-state index in [0.717, 1.165) is 24.2 Å². The Morgan fingerprint density at radius 1 is 1.26 bits per heavy atom.